The van der Waals surface area contributed by atoms with E-state index in [1.54, 1.807) is 24.6 Å². The average Bonchev–Trinajstić information content (AvgIpc) is 3.17. The number of rotatable bonds is 3. The van der Waals surface area contributed by atoms with Gasteiger partial charge >= 0.3 is 0 Å². The second kappa shape index (κ2) is 9.01. The molecule has 2 aromatic carbocycles. The molecule has 9 heteroatoms. The van der Waals surface area contributed by atoms with Crippen molar-refractivity contribution in [1.29, 1.82) is 0 Å². The Balaban J connectivity index is 0.00000133. The number of hydrogen-bond donors (Lipinski definition) is 1. The number of anilines is 1. The van der Waals surface area contributed by atoms with Crippen molar-refractivity contribution in [1.82, 2.24) is 19.7 Å². The van der Waals surface area contributed by atoms with E-state index in [4.69, 9.17) is 10.2 Å². The molecule has 0 amide bonds. The molecule has 0 bridgehead atoms. The van der Waals surface area contributed by atoms with Crippen molar-refractivity contribution < 1.29 is 13.2 Å². The maximum atomic E-state index is 14.6. The van der Waals surface area contributed by atoms with Crippen molar-refractivity contribution in [3.05, 3.63) is 82.1 Å². The Morgan fingerprint density at radius 3 is 2.53 bits per heavy atom. The van der Waals surface area contributed by atoms with Crippen molar-refractivity contribution >= 4 is 27.8 Å². The van der Waals surface area contributed by atoms with E-state index in [9.17, 15) is 13.6 Å². The van der Waals surface area contributed by atoms with Crippen LogP contribution in [0.3, 0.4) is 0 Å². The average molecular weight is 463 g/mol. The molecule has 1 atom stereocenters. The predicted molar refractivity (Wildman–Crippen MR) is 127 cm³/mol. The molecule has 5 aromatic rings. The van der Waals surface area contributed by atoms with Crippen LogP contribution in [0.15, 0.2) is 58.0 Å². The summed E-state index contributed by atoms with van der Waals surface area (Å²) >= 11 is 0. The molecule has 0 fully saturated rings. The number of halogens is 2. The highest BCUT2D eigenvalue weighted by molar-refractivity contribution is 5.88. The number of benzene rings is 2. The van der Waals surface area contributed by atoms with Crippen LogP contribution in [-0.4, -0.2) is 19.7 Å². The summed E-state index contributed by atoms with van der Waals surface area (Å²) < 4.78 is 36.2. The quantitative estimate of drug-likeness (QED) is 0.384. The molecule has 0 aliphatic heterocycles. The fourth-order valence-electron chi connectivity index (χ4n) is 3.98. The van der Waals surface area contributed by atoms with Gasteiger partial charge in [-0.3, -0.25) is 4.79 Å². The molecule has 174 valence electrons. The Morgan fingerprint density at radius 1 is 1.06 bits per heavy atom. The summed E-state index contributed by atoms with van der Waals surface area (Å²) in [7, 11) is 0. The van der Waals surface area contributed by atoms with Crippen LogP contribution in [0.1, 0.15) is 38.3 Å². The van der Waals surface area contributed by atoms with E-state index in [1.807, 2.05) is 13.8 Å². The lowest BCUT2D eigenvalue weighted by Crippen LogP contribution is -2.17. The molecule has 3 aromatic heterocycles. The number of fused-ring (bicyclic) bond motifs is 2. The van der Waals surface area contributed by atoms with Gasteiger partial charge in [0.1, 0.15) is 46.6 Å². The van der Waals surface area contributed by atoms with Crippen LogP contribution in [-0.2, 0) is 0 Å². The van der Waals surface area contributed by atoms with E-state index < -0.39 is 23.1 Å². The van der Waals surface area contributed by atoms with Crippen molar-refractivity contribution in [3.8, 4) is 11.1 Å². The summed E-state index contributed by atoms with van der Waals surface area (Å²) in [6.45, 7) is 7.53. The van der Waals surface area contributed by atoms with E-state index in [0.717, 1.165) is 0 Å². The third-order valence-corrected chi connectivity index (χ3v) is 5.45. The standard InChI is InChI=1S/C23H17F2N5O2.C2H6/c1-11-17-22(26)27-10-28-23(17)30(29-11)12(2)21-18(13-5-3-6-14(24)9-13)20(31)19-15(25)7-4-8-16(19)32-21;1-2/h3-10,12H,1-2H3,(H2,26,27,28);1-2H3. The monoisotopic (exact) mass is 463 g/mol. The van der Waals surface area contributed by atoms with E-state index in [0.29, 0.717) is 16.7 Å². The molecule has 0 saturated carbocycles. The first-order chi connectivity index (χ1) is 16.4. The topological polar surface area (TPSA) is 99.8 Å². The van der Waals surface area contributed by atoms with Gasteiger partial charge in [0, 0.05) is 0 Å². The van der Waals surface area contributed by atoms with Crippen molar-refractivity contribution in [2.24, 2.45) is 0 Å². The predicted octanol–water partition coefficient (Wildman–Crippen LogP) is 5.40. The molecule has 2 N–H and O–H groups in total. The number of hydrogen-bond acceptors (Lipinski definition) is 6. The van der Waals surface area contributed by atoms with E-state index in [-0.39, 0.29) is 33.7 Å². The Morgan fingerprint density at radius 2 is 1.79 bits per heavy atom. The molecule has 7 nitrogen and oxygen atoms in total. The fourth-order valence-corrected chi connectivity index (χ4v) is 3.98. The van der Waals surface area contributed by atoms with Crippen LogP contribution in [0.2, 0.25) is 0 Å². The van der Waals surface area contributed by atoms with E-state index in [1.165, 1.54) is 42.7 Å². The van der Waals surface area contributed by atoms with Gasteiger partial charge in [-0.1, -0.05) is 32.0 Å². The van der Waals surface area contributed by atoms with Gasteiger partial charge in [0.05, 0.1) is 16.6 Å². The lowest BCUT2D eigenvalue weighted by molar-refractivity contribution is 0.443. The first-order valence-electron chi connectivity index (χ1n) is 10.8. The van der Waals surface area contributed by atoms with Crippen LogP contribution >= 0.6 is 0 Å². The summed E-state index contributed by atoms with van der Waals surface area (Å²) in [6, 6.07) is 9.02. The Bertz CT molecular complexity index is 1580. The minimum absolute atomic E-state index is 0.0536. The fraction of sp³-hybridized carbons (Fsp3) is 0.200. The lowest BCUT2D eigenvalue weighted by Gasteiger charge is -2.17. The Kier molecular flexibility index (Phi) is 6.10. The number of nitrogens with zero attached hydrogens (tertiary/aromatic N) is 4. The first kappa shape index (κ1) is 23.0. The van der Waals surface area contributed by atoms with Gasteiger partial charge in [-0.2, -0.15) is 5.10 Å². The highest BCUT2D eigenvalue weighted by Gasteiger charge is 2.26. The molecule has 34 heavy (non-hydrogen) atoms. The number of aromatic nitrogens is 4. The maximum absolute atomic E-state index is 14.6. The SMILES string of the molecule is CC.Cc1nn(C(C)c2oc3cccc(F)c3c(=O)c2-c2cccc(F)c2)c2ncnc(N)c12. The van der Waals surface area contributed by atoms with Crippen LogP contribution in [0.4, 0.5) is 14.6 Å². The van der Waals surface area contributed by atoms with E-state index in [2.05, 4.69) is 15.1 Å². The molecule has 0 aliphatic rings. The highest BCUT2D eigenvalue weighted by atomic mass is 19.1. The minimum Gasteiger partial charge on any atom is -0.458 e. The zero-order chi connectivity index (χ0) is 24.6. The summed E-state index contributed by atoms with van der Waals surface area (Å²) in [5.74, 6) is -0.775. The normalized spacial score (nSPS) is 11.9. The molecule has 5 rings (SSSR count). The van der Waals surface area contributed by atoms with Crippen molar-refractivity contribution in [3.63, 3.8) is 0 Å². The minimum atomic E-state index is -0.714. The summed E-state index contributed by atoms with van der Waals surface area (Å²) in [4.78, 5) is 21.7. The molecule has 0 radical (unpaired) electrons. The van der Waals surface area contributed by atoms with Crippen molar-refractivity contribution in [2.75, 3.05) is 5.73 Å². The second-order valence-electron chi connectivity index (χ2n) is 7.46. The van der Waals surface area contributed by atoms with Gasteiger partial charge in [0.15, 0.2) is 5.65 Å². The summed E-state index contributed by atoms with van der Waals surface area (Å²) in [5, 5.41) is 4.92. The Hall–Kier alpha value is -4.14. The summed E-state index contributed by atoms with van der Waals surface area (Å²) in [5.41, 5.74) is 6.87. The van der Waals surface area contributed by atoms with Crippen molar-refractivity contribution in [2.45, 2.75) is 33.7 Å². The third kappa shape index (κ3) is 3.68. The van der Waals surface area contributed by atoms with Crippen LogP contribution < -0.4 is 11.2 Å². The number of aryl methyl sites for hydroxylation is 1. The van der Waals surface area contributed by atoms with Gasteiger partial charge in [-0.25, -0.2) is 23.4 Å². The molecule has 1 unspecified atom stereocenters. The smallest absolute Gasteiger partial charge is 0.203 e. The molecular formula is C25H23F2N5O2. The van der Waals surface area contributed by atoms with Gasteiger partial charge in [0.25, 0.3) is 0 Å². The molecule has 3 heterocycles. The highest BCUT2D eigenvalue weighted by Crippen LogP contribution is 2.34. The van der Waals surface area contributed by atoms with Gasteiger partial charge in [-0.05, 0) is 43.7 Å². The molecule has 0 aliphatic carbocycles. The zero-order valence-corrected chi connectivity index (χ0v) is 19.1. The van der Waals surface area contributed by atoms with Gasteiger partial charge < -0.3 is 10.2 Å². The van der Waals surface area contributed by atoms with Crippen LogP contribution in [0.5, 0.6) is 0 Å². The lowest BCUT2D eigenvalue weighted by atomic mass is 9.99. The van der Waals surface area contributed by atoms with Crippen LogP contribution in [0, 0.1) is 18.6 Å². The van der Waals surface area contributed by atoms with Gasteiger partial charge in [-0.15, -0.1) is 0 Å². The number of nitrogens with two attached hydrogens (primary N) is 1. The Labute approximate surface area is 193 Å². The zero-order valence-electron chi connectivity index (χ0n) is 19.1. The molecule has 0 spiro atoms. The van der Waals surface area contributed by atoms with Gasteiger partial charge in [0.2, 0.25) is 5.43 Å². The molecule has 0 saturated heterocycles. The largest absolute Gasteiger partial charge is 0.458 e. The number of nitrogen functional groups attached to an aromatic ring is 1. The van der Waals surface area contributed by atoms with Crippen LogP contribution in [0.25, 0.3) is 33.1 Å². The first-order valence-corrected chi connectivity index (χ1v) is 10.8. The third-order valence-electron chi connectivity index (χ3n) is 5.45. The van der Waals surface area contributed by atoms with E-state index >= 15 is 0 Å². The summed E-state index contributed by atoms with van der Waals surface area (Å²) in [6.07, 6.45) is 1.32. The molecular weight excluding hydrogens is 440 g/mol. The maximum Gasteiger partial charge on any atom is 0.203 e. The second-order valence-corrected chi connectivity index (χ2v) is 7.46.